The fourth-order valence-corrected chi connectivity index (χ4v) is 3.62. The van der Waals surface area contributed by atoms with E-state index >= 15 is 0 Å². The number of amides is 1. The summed E-state index contributed by atoms with van der Waals surface area (Å²) in [4.78, 5) is 14.4. The lowest BCUT2D eigenvalue weighted by Gasteiger charge is -2.40. The van der Waals surface area contributed by atoms with Crippen molar-refractivity contribution < 1.29 is 23.4 Å². The maximum Gasteiger partial charge on any atom is 0.257 e. The van der Waals surface area contributed by atoms with Crippen molar-refractivity contribution in [3.63, 3.8) is 0 Å². The van der Waals surface area contributed by atoms with Crippen molar-refractivity contribution in [3.8, 4) is 0 Å². The first kappa shape index (κ1) is 16.3. The molecule has 1 saturated carbocycles. The number of benzene rings is 1. The van der Waals surface area contributed by atoms with Gasteiger partial charge in [0.25, 0.3) is 5.91 Å². The zero-order valence-electron chi connectivity index (χ0n) is 13.1. The molecule has 0 spiro atoms. The van der Waals surface area contributed by atoms with Gasteiger partial charge in [-0.25, -0.2) is 8.78 Å². The molecular formula is C17H21F2NO3. The fourth-order valence-electron chi connectivity index (χ4n) is 3.62. The van der Waals surface area contributed by atoms with Crippen LogP contribution in [0.25, 0.3) is 0 Å². The first-order valence-corrected chi connectivity index (χ1v) is 8.01. The molecule has 0 bridgehead atoms. The number of aliphatic hydroxyl groups excluding tert-OH is 1. The zero-order chi connectivity index (χ0) is 16.6. The van der Waals surface area contributed by atoms with Crippen LogP contribution in [0.2, 0.25) is 0 Å². The predicted molar refractivity (Wildman–Crippen MR) is 80.1 cm³/mol. The summed E-state index contributed by atoms with van der Waals surface area (Å²) in [6, 6.07) is 1.74. The van der Waals surface area contributed by atoms with Crippen molar-refractivity contribution in [1.82, 2.24) is 4.90 Å². The van der Waals surface area contributed by atoms with E-state index in [1.807, 2.05) is 0 Å². The molecule has 1 aliphatic carbocycles. The average Bonchev–Trinajstić information content (AvgIpc) is 2.96. The largest absolute Gasteiger partial charge is 0.393 e. The standard InChI is InChI=1S/C17H21F2NO3/c1-10-7-12(14(19)8-13(10)18)17(22)20-5-6-23-9-15(20)11-3-2-4-16(11)21/h7-8,11,15-16,21H,2-6,9H2,1H3/t11-,15-,16-/m1/s1. The van der Waals surface area contributed by atoms with E-state index in [0.29, 0.717) is 26.2 Å². The number of hydrogen-bond donors (Lipinski definition) is 1. The third-order valence-electron chi connectivity index (χ3n) is 4.93. The Morgan fingerprint density at radius 1 is 1.30 bits per heavy atom. The van der Waals surface area contributed by atoms with Gasteiger partial charge in [-0.2, -0.15) is 0 Å². The highest BCUT2D eigenvalue weighted by Crippen LogP contribution is 2.33. The lowest BCUT2D eigenvalue weighted by molar-refractivity contribution is -0.0385. The van der Waals surface area contributed by atoms with Gasteiger partial charge in [0, 0.05) is 18.5 Å². The Bertz CT molecular complexity index is 608. The Labute approximate surface area is 134 Å². The molecule has 3 rings (SSSR count). The Kier molecular flexibility index (Phi) is 4.64. The van der Waals surface area contributed by atoms with Crippen LogP contribution >= 0.6 is 0 Å². The van der Waals surface area contributed by atoms with E-state index in [9.17, 15) is 18.7 Å². The lowest BCUT2D eigenvalue weighted by Crippen LogP contribution is -2.53. The lowest BCUT2D eigenvalue weighted by atomic mass is 9.93. The van der Waals surface area contributed by atoms with Gasteiger partial charge in [0.2, 0.25) is 0 Å². The van der Waals surface area contributed by atoms with E-state index < -0.39 is 23.6 Å². The molecule has 1 saturated heterocycles. The fraction of sp³-hybridized carbons (Fsp3) is 0.588. The van der Waals surface area contributed by atoms with Crippen molar-refractivity contribution in [2.75, 3.05) is 19.8 Å². The van der Waals surface area contributed by atoms with Crippen LogP contribution in [0.15, 0.2) is 12.1 Å². The van der Waals surface area contributed by atoms with Gasteiger partial charge in [0.15, 0.2) is 0 Å². The molecule has 1 aromatic rings. The van der Waals surface area contributed by atoms with Gasteiger partial charge in [0.1, 0.15) is 11.6 Å². The van der Waals surface area contributed by atoms with Gasteiger partial charge in [-0.1, -0.05) is 6.42 Å². The maximum atomic E-state index is 14.0. The Morgan fingerprint density at radius 3 is 2.78 bits per heavy atom. The van der Waals surface area contributed by atoms with Crippen LogP contribution in [-0.4, -0.2) is 47.8 Å². The number of aliphatic hydroxyl groups is 1. The van der Waals surface area contributed by atoms with Crippen LogP contribution in [0.4, 0.5) is 8.78 Å². The zero-order valence-corrected chi connectivity index (χ0v) is 13.1. The van der Waals surface area contributed by atoms with E-state index in [2.05, 4.69) is 0 Å². The second-order valence-electron chi connectivity index (χ2n) is 6.38. The van der Waals surface area contributed by atoms with Crippen molar-refractivity contribution in [3.05, 3.63) is 34.9 Å². The first-order valence-electron chi connectivity index (χ1n) is 8.01. The van der Waals surface area contributed by atoms with Crippen LogP contribution in [0, 0.1) is 24.5 Å². The van der Waals surface area contributed by atoms with E-state index in [1.165, 1.54) is 13.0 Å². The van der Waals surface area contributed by atoms with Crippen LogP contribution in [0.5, 0.6) is 0 Å². The van der Waals surface area contributed by atoms with Crippen molar-refractivity contribution in [1.29, 1.82) is 0 Å². The molecular weight excluding hydrogens is 304 g/mol. The molecule has 2 aliphatic rings. The smallest absolute Gasteiger partial charge is 0.257 e. The number of carbonyl (C=O) groups excluding carboxylic acids is 1. The number of morpholine rings is 1. The van der Waals surface area contributed by atoms with Crippen molar-refractivity contribution >= 4 is 5.91 Å². The molecule has 1 amide bonds. The monoisotopic (exact) mass is 325 g/mol. The van der Waals surface area contributed by atoms with Crippen LogP contribution in [-0.2, 0) is 4.74 Å². The molecule has 3 atom stereocenters. The topological polar surface area (TPSA) is 49.8 Å². The minimum Gasteiger partial charge on any atom is -0.393 e. The van der Waals surface area contributed by atoms with Gasteiger partial charge >= 0.3 is 0 Å². The summed E-state index contributed by atoms with van der Waals surface area (Å²) >= 11 is 0. The molecule has 1 heterocycles. The number of halogens is 2. The second-order valence-corrected chi connectivity index (χ2v) is 6.38. The number of hydrogen-bond acceptors (Lipinski definition) is 3. The van der Waals surface area contributed by atoms with Crippen LogP contribution in [0.3, 0.4) is 0 Å². The van der Waals surface area contributed by atoms with Gasteiger partial charge in [-0.3, -0.25) is 4.79 Å². The number of rotatable bonds is 2. The van der Waals surface area contributed by atoms with Crippen molar-refractivity contribution in [2.24, 2.45) is 5.92 Å². The van der Waals surface area contributed by atoms with E-state index in [0.717, 1.165) is 18.9 Å². The van der Waals surface area contributed by atoms with Crippen LogP contribution < -0.4 is 0 Å². The third-order valence-corrected chi connectivity index (χ3v) is 4.93. The molecule has 126 valence electrons. The number of carbonyl (C=O) groups is 1. The number of ether oxygens (including phenoxy) is 1. The third kappa shape index (κ3) is 3.10. The van der Waals surface area contributed by atoms with Crippen molar-refractivity contribution in [2.45, 2.75) is 38.3 Å². The summed E-state index contributed by atoms with van der Waals surface area (Å²) < 4.78 is 32.9. The summed E-state index contributed by atoms with van der Waals surface area (Å²) in [6.45, 7) is 2.58. The summed E-state index contributed by atoms with van der Waals surface area (Å²) in [5, 5.41) is 10.1. The molecule has 0 unspecified atom stereocenters. The molecule has 0 radical (unpaired) electrons. The normalized spacial score (nSPS) is 28.2. The SMILES string of the molecule is Cc1cc(C(=O)N2CCOC[C@@H]2[C@H]2CCC[C@H]2O)c(F)cc1F. The Balaban J connectivity index is 1.88. The quantitative estimate of drug-likeness (QED) is 0.907. The van der Waals surface area contributed by atoms with Gasteiger partial charge in [0.05, 0.1) is 30.9 Å². The summed E-state index contributed by atoms with van der Waals surface area (Å²) in [5.41, 5.74) is 0.115. The molecule has 23 heavy (non-hydrogen) atoms. The molecule has 0 aromatic heterocycles. The molecule has 1 aromatic carbocycles. The Morgan fingerprint density at radius 2 is 2.09 bits per heavy atom. The molecule has 1 aliphatic heterocycles. The predicted octanol–water partition coefficient (Wildman–Crippen LogP) is 2.28. The summed E-state index contributed by atoms with van der Waals surface area (Å²) in [6.07, 6.45) is 1.99. The number of nitrogens with zero attached hydrogens (tertiary/aromatic N) is 1. The van der Waals surface area contributed by atoms with E-state index in [-0.39, 0.29) is 23.1 Å². The molecule has 2 fully saturated rings. The second kappa shape index (κ2) is 6.53. The summed E-state index contributed by atoms with van der Waals surface area (Å²) in [7, 11) is 0. The molecule has 6 heteroatoms. The summed E-state index contributed by atoms with van der Waals surface area (Å²) in [5.74, 6) is -2.03. The first-order chi connectivity index (χ1) is 11.0. The van der Waals surface area contributed by atoms with Gasteiger partial charge in [-0.05, 0) is 31.4 Å². The minimum absolute atomic E-state index is 0.0520. The molecule has 4 nitrogen and oxygen atoms in total. The van der Waals surface area contributed by atoms with E-state index in [1.54, 1.807) is 4.90 Å². The van der Waals surface area contributed by atoms with Gasteiger partial charge < -0.3 is 14.7 Å². The highest BCUT2D eigenvalue weighted by Gasteiger charge is 2.40. The minimum atomic E-state index is -0.852. The average molecular weight is 325 g/mol. The Hall–Kier alpha value is -1.53. The van der Waals surface area contributed by atoms with Gasteiger partial charge in [-0.15, -0.1) is 0 Å². The van der Waals surface area contributed by atoms with Crippen LogP contribution in [0.1, 0.15) is 35.2 Å². The highest BCUT2D eigenvalue weighted by molar-refractivity contribution is 5.95. The highest BCUT2D eigenvalue weighted by atomic mass is 19.1. The molecule has 1 N–H and O–H groups in total. The number of aryl methyl sites for hydroxylation is 1. The van der Waals surface area contributed by atoms with E-state index in [4.69, 9.17) is 4.74 Å². The maximum absolute atomic E-state index is 14.0.